The molecule has 1 atom stereocenters. The van der Waals surface area contributed by atoms with E-state index in [2.05, 4.69) is 43.4 Å². The topological polar surface area (TPSA) is 12.0 Å². The number of hydrogen-bond donors (Lipinski definition) is 1. The van der Waals surface area contributed by atoms with Crippen LogP contribution < -0.4 is 5.32 Å². The summed E-state index contributed by atoms with van der Waals surface area (Å²) in [5.41, 5.74) is 3.63. The van der Waals surface area contributed by atoms with Gasteiger partial charge in [0.15, 0.2) is 0 Å². The maximum atomic E-state index is 6.35. The van der Waals surface area contributed by atoms with Gasteiger partial charge in [0.25, 0.3) is 0 Å². The molecule has 0 radical (unpaired) electrons. The zero-order valence-corrected chi connectivity index (χ0v) is 13.3. The van der Waals surface area contributed by atoms with E-state index in [4.69, 9.17) is 23.2 Å². The summed E-state index contributed by atoms with van der Waals surface area (Å²) >= 11 is 12.5. The van der Waals surface area contributed by atoms with Gasteiger partial charge in [0.05, 0.1) is 10.0 Å². The predicted molar refractivity (Wildman–Crippen MR) is 87.8 cm³/mol. The maximum absolute atomic E-state index is 6.35. The Morgan fingerprint density at radius 2 is 1.85 bits per heavy atom. The van der Waals surface area contributed by atoms with Crippen molar-refractivity contribution in [1.29, 1.82) is 0 Å². The van der Waals surface area contributed by atoms with Crippen molar-refractivity contribution in [2.75, 3.05) is 6.54 Å². The summed E-state index contributed by atoms with van der Waals surface area (Å²) in [4.78, 5) is 0. The Morgan fingerprint density at radius 3 is 2.55 bits per heavy atom. The molecule has 106 valence electrons. The first-order valence-electron chi connectivity index (χ1n) is 6.84. The largest absolute Gasteiger partial charge is 0.310 e. The molecule has 0 aliphatic rings. The van der Waals surface area contributed by atoms with E-state index in [0.29, 0.717) is 10.0 Å². The summed E-state index contributed by atoms with van der Waals surface area (Å²) in [7, 11) is 0. The van der Waals surface area contributed by atoms with Crippen molar-refractivity contribution in [3.05, 3.63) is 69.2 Å². The monoisotopic (exact) mass is 307 g/mol. The van der Waals surface area contributed by atoms with E-state index in [-0.39, 0.29) is 6.04 Å². The van der Waals surface area contributed by atoms with Crippen molar-refractivity contribution < 1.29 is 0 Å². The molecule has 1 unspecified atom stereocenters. The fraction of sp³-hybridized carbons (Fsp3) is 0.294. The fourth-order valence-electron chi connectivity index (χ4n) is 2.40. The molecule has 0 bridgehead atoms. The Bertz CT molecular complexity index is 581. The quantitative estimate of drug-likeness (QED) is 0.801. The van der Waals surface area contributed by atoms with Gasteiger partial charge in [-0.05, 0) is 37.1 Å². The molecule has 2 aromatic rings. The number of hydrogen-bond acceptors (Lipinski definition) is 1. The molecule has 0 fully saturated rings. The first kappa shape index (κ1) is 15.4. The molecule has 0 saturated heterocycles. The molecule has 0 amide bonds. The van der Waals surface area contributed by atoms with Crippen LogP contribution in [0.5, 0.6) is 0 Å². The van der Waals surface area contributed by atoms with Crippen LogP contribution in [0.1, 0.15) is 29.7 Å². The van der Waals surface area contributed by atoms with Gasteiger partial charge in [-0.25, -0.2) is 0 Å². The summed E-state index contributed by atoms with van der Waals surface area (Å²) in [6.07, 6.45) is 0.898. The lowest BCUT2D eigenvalue weighted by atomic mass is 9.97. The number of nitrogens with one attached hydrogen (secondary N) is 1. The predicted octanol–water partition coefficient (Wildman–Crippen LogP) is 5.20. The van der Waals surface area contributed by atoms with E-state index in [0.717, 1.165) is 18.5 Å². The number of rotatable bonds is 5. The molecule has 3 heteroatoms. The van der Waals surface area contributed by atoms with Crippen LogP contribution >= 0.6 is 23.2 Å². The van der Waals surface area contributed by atoms with Crippen molar-refractivity contribution in [3.8, 4) is 0 Å². The van der Waals surface area contributed by atoms with Crippen LogP contribution in [0.2, 0.25) is 10.0 Å². The molecule has 1 N–H and O–H groups in total. The first-order chi connectivity index (χ1) is 9.61. The van der Waals surface area contributed by atoms with Gasteiger partial charge in [0.2, 0.25) is 0 Å². The summed E-state index contributed by atoms with van der Waals surface area (Å²) in [6.45, 7) is 5.10. The van der Waals surface area contributed by atoms with Gasteiger partial charge < -0.3 is 5.32 Å². The van der Waals surface area contributed by atoms with Crippen molar-refractivity contribution in [3.63, 3.8) is 0 Å². The Kier molecular flexibility index (Phi) is 5.47. The molecule has 0 aliphatic heterocycles. The van der Waals surface area contributed by atoms with Crippen LogP contribution in [-0.4, -0.2) is 6.54 Å². The van der Waals surface area contributed by atoms with E-state index in [1.165, 1.54) is 11.1 Å². The van der Waals surface area contributed by atoms with Crippen molar-refractivity contribution in [1.82, 2.24) is 5.32 Å². The fourth-order valence-corrected chi connectivity index (χ4v) is 2.84. The minimum atomic E-state index is 0.174. The smallest absolute Gasteiger partial charge is 0.0640 e. The van der Waals surface area contributed by atoms with Crippen LogP contribution in [0.15, 0.2) is 42.5 Å². The lowest BCUT2D eigenvalue weighted by molar-refractivity contribution is 0.550. The van der Waals surface area contributed by atoms with Gasteiger partial charge in [0.1, 0.15) is 0 Å². The molecular weight excluding hydrogens is 289 g/mol. The SMILES string of the molecule is CCNC(Cc1cccc(C)c1)c1cccc(Cl)c1Cl. The van der Waals surface area contributed by atoms with Gasteiger partial charge >= 0.3 is 0 Å². The van der Waals surface area contributed by atoms with Gasteiger partial charge in [-0.1, -0.05) is 72.1 Å². The Morgan fingerprint density at radius 1 is 1.10 bits per heavy atom. The van der Waals surface area contributed by atoms with E-state index in [9.17, 15) is 0 Å². The van der Waals surface area contributed by atoms with Crippen LogP contribution in [0.25, 0.3) is 0 Å². The third-order valence-electron chi connectivity index (χ3n) is 3.33. The van der Waals surface area contributed by atoms with E-state index < -0.39 is 0 Å². The molecule has 20 heavy (non-hydrogen) atoms. The highest BCUT2D eigenvalue weighted by atomic mass is 35.5. The van der Waals surface area contributed by atoms with Crippen molar-refractivity contribution in [2.45, 2.75) is 26.3 Å². The first-order valence-corrected chi connectivity index (χ1v) is 7.60. The summed E-state index contributed by atoms with van der Waals surface area (Å²) in [5, 5.41) is 4.75. The van der Waals surface area contributed by atoms with E-state index in [1.807, 2.05) is 18.2 Å². The Hall–Kier alpha value is -1.02. The molecule has 0 aromatic heterocycles. The zero-order chi connectivity index (χ0) is 14.5. The van der Waals surface area contributed by atoms with Crippen LogP contribution in [0, 0.1) is 6.92 Å². The second-order valence-corrected chi connectivity index (χ2v) is 5.73. The third kappa shape index (κ3) is 3.76. The zero-order valence-electron chi connectivity index (χ0n) is 11.8. The average molecular weight is 308 g/mol. The Balaban J connectivity index is 2.29. The van der Waals surface area contributed by atoms with Gasteiger partial charge in [-0.3, -0.25) is 0 Å². The second-order valence-electron chi connectivity index (χ2n) is 4.95. The van der Waals surface area contributed by atoms with Gasteiger partial charge in [-0.15, -0.1) is 0 Å². The Labute approximate surface area is 130 Å². The van der Waals surface area contributed by atoms with Crippen molar-refractivity contribution in [2.24, 2.45) is 0 Å². The molecule has 0 heterocycles. The van der Waals surface area contributed by atoms with Gasteiger partial charge in [0, 0.05) is 6.04 Å². The number of halogens is 2. The highest BCUT2D eigenvalue weighted by Crippen LogP contribution is 2.31. The molecule has 1 nitrogen and oxygen atoms in total. The summed E-state index contributed by atoms with van der Waals surface area (Å²) < 4.78 is 0. The highest BCUT2D eigenvalue weighted by molar-refractivity contribution is 6.42. The van der Waals surface area contributed by atoms with Crippen LogP contribution in [0.3, 0.4) is 0 Å². The van der Waals surface area contributed by atoms with E-state index in [1.54, 1.807) is 0 Å². The molecule has 0 saturated carbocycles. The van der Waals surface area contributed by atoms with Gasteiger partial charge in [-0.2, -0.15) is 0 Å². The highest BCUT2D eigenvalue weighted by Gasteiger charge is 2.16. The molecule has 0 aliphatic carbocycles. The summed E-state index contributed by atoms with van der Waals surface area (Å²) in [6, 6.07) is 14.5. The second kappa shape index (κ2) is 7.12. The van der Waals surface area contributed by atoms with Crippen molar-refractivity contribution >= 4 is 23.2 Å². The van der Waals surface area contributed by atoms with Crippen LogP contribution in [0.4, 0.5) is 0 Å². The lowest BCUT2D eigenvalue weighted by Crippen LogP contribution is -2.23. The average Bonchev–Trinajstić information content (AvgIpc) is 2.42. The van der Waals surface area contributed by atoms with E-state index >= 15 is 0 Å². The third-order valence-corrected chi connectivity index (χ3v) is 4.16. The number of benzene rings is 2. The molecule has 2 aromatic carbocycles. The lowest BCUT2D eigenvalue weighted by Gasteiger charge is -2.20. The number of likely N-dealkylation sites (N-methyl/N-ethyl adjacent to an activating group) is 1. The maximum Gasteiger partial charge on any atom is 0.0640 e. The van der Waals surface area contributed by atoms with Crippen LogP contribution in [-0.2, 0) is 6.42 Å². The minimum Gasteiger partial charge on any atom is -0.310 e. The molecular formula is C17H19Cl2N. The molecule has 0 spiro atoms. The summed E-state index contributed by atoms with van der Waals surface area (Å²) in [5.74, 6) is 0. The standard InChI is InChI=1S/C17H19Cl2N/c1-3-20-16(11-13-7-4-6-12(2)10-13)14-8-5-9-15(18)17(14)19/h4-10,16,20H,3,11H2,1-2H3. The minimum absolute atomic E-state index is 0.174. The molecule has 2 rings (SSSR count). The normalized spacial score (nSPS) is 12.4. The number of aryl methyl sites for hydroxylation is 1.